The van der Waals surface area contributed by atoms with Crippen molar-refractivity contribution in [2.45, 2.75) is 23.9 Å². The van der Waals surface area contributed by atoms with Crippen LogP contribution in [0.15, 0.2) is 71.9 Å². The molecule has 11 heteroatoms. The highest BCUT2D eigenvalue weighted by Crippen LogP contribution is 2.31. The number of sulfonamides is 1. The number of alkyl halides is 3. The van der Waals surface area contributed by atoms with Crippen LogP contribution in [0, 0.1) is 0 Å². The average Bonchev–Trinajstić information content (AvgIpc) is 2.82. The van der Waals surface area contributed by atoms with Crippen LogP contribution in [0.3, 0.4) is 0 Å². The Morgan fingerprint density at radius 3 is 2.29 bits per heavy atom. The first-order chi connectivity index (χ1) is 16.1. The lowest BCUT2D eigenvalue weighted by Crippen LogP contribution is -2.26. The normalized spacial score (nSPS) is 11.8. The number of anilines is 2. The molecule has 0 saturated carbocycles. The minimum Gasteiger partial charge on any atom is -0.355 e. The average molecular weight is 493 g/mol. The smallest absolute Gasteiger partial charge is 0.355 e. The van der Waals surface area contributed by atoms with Gasteiger partial charge in [-0.1, -0.05) is 0 Å². The van der Waals surface area contributed by atoms with Crippen molar-refractivity contribution in [3.8, 4) is 0 Å². The zero-order valence-corrected chi connectivity index (χ0v) is 19.0. The van der Waals surface area contributed by atoms with E-state index in [2.05, 4.69) is 20.3 Å². The molecule has 1 amide bonds. The van der Waals surface area contributed by atoms with Crippen molar-refractivity contribution in [1.29, 1.82) is 0 Å². The predicted molar refractivity (Wildman–Crippen MR) is 122 cm³/mol. The molecule has 1 aromatic heterocycles. The minimum atomic E-state index is -4.47. The Bertz CT molecular complexity index is 1230. The lowest BCUT2D eigenvalue weighted by Gasteiger charge is -2.15. The van der Waals surface area contributed by atoms with E-state index in [0.717, 1.165) is 17.7 Å². The Labute approximate surface area is 195 Å². The second kappa shape index (κ2) is 10.7. The molecule has 1 heterocycles. The van der Waals surface area contributed by atoms with Gasteiger partial charge in [0.05, 0.1) is 21.7 Å². The zero-order valence-electron chi connectivity index (χ0n) is 18.2. The summed E-state index contributed by atoms with van der Waals surface area (Å²) in [7, 11) is -2.56. The third-order valence-electron chi connectivity index (χ3n) is 4.98. The fourth-order valence-corrected chi connectivity index (χ4v) is 3.90. The maximum absolute atomic E-state index is 12.9. The molecular formula is C23H23F3N4O3S. The molecule has 3 N–H and O–H groups in total. The van der Waals surface area contributed by atoms with Gasteiger partial charge in [0.2, 0.25) is 10.0 Å². The largest absolute Gasteiger partial charge is 0.416 e. The molecule has 0 fully saturated rings. The van der Waals surface area contributed by atoms with E-state index >= 15 is 0 Å². The fourth-order valence-electron chi connectivity index (χ4n) is 3.14. The van der Waals surface area contributed by atoms with E-state index < -0.39 is 27.7 Å². The number of aryl methyl sites for hydroxylation is 1. The van der Waals surface area contributed by atoms with Gasteiger partial charge in [-0.2, -0.15) is 13.2 Å². The number of hydrogen-bond donors (Lipinski definition) is 3. The number of benzene rings is 2. The number of aromatic nitrogens is 1. The summed E-state index contributed by atoms with van der Waals surface area (Å²) >= 11 is 0. The highest BCUT2D eigenvalue weighted by Gasteiger charge is 2.30. The summed E-state index contributed by atoms with van der Waals surface area (Å²) in [6.45, 7) is 0.337. The summed E-state index contributed by atoms with van der Waals surface area (Å²) in [5.41, 5.74) is 0.863. The molecule has 0 bridgehead atoms. The highest BCUT2D eigenvalue weighted by molar-refractivity contribution is 7.89. The van der Waals surface area contributed by atoms with Gasteiger partial charge in [0.1, 0.15) is 0 Å². The first-order valence-electron chi connectivity index (χ1n) is 10.3. The minimum absolute atomic E-state index is 0.0418. The molecule has 0 aliphatic heterocycles. The first kappa shape index (κ1) is 25.2. The second-order valence-electron chi connectivity index (χ2n) is 7.33. The standard InChI is InChI=1S/C23H23F3N4O3S/c1-27-34(32,33)19-8-9-21(30-18-6-4-17(5-7-18)23(24,25)26)20(15-19)22(31)29-12-2-3-16-10-13-28-14-11-16/h4-11,13-15,27,30H,2-3,12H2,1H3,(H,29,31). The van der Waals surface area contributed by atoms with Crippen LogP contribution in [-0.4, -0.2) is 32.9 Å². The molecule has 0 aliphatic carbocycles. The zero-order chi connectivity index (χ0) is 24.8. The summed E-state index contributed by atoms with van der Waals surface area (Å²) in [4.78, 5) is 16.7. The number of carbonyl (C=O) groups excluding carboxylic acids is 1. The molecule has 0 unspecified atom stereocenters. The second-order valence-corrected chi connectivity index (χ2v) is 9.22. The number of nitrogens with one attached hydrogen (secondary N) is 3. The van der Waals surface area contributed by atoms with Crippen molar-refractivity contribution in [1.82, 2.24) is 15.0 Å². The monoisotopic (exact) mass is 492 g/mol. The van der Waals surface area contributed by atoms with Gasteiger partial charge in [-0.15, -0.1) is 0 Å². The van der Waals surface area contributed by atoms with Crippen molar-refractivity contribution >= 4 is 27.3 Å². The van der Waals surface area contributed by atoms with Crippen molar-refractivity contribution in [2.75, 3.05) is 18.9 Å². The SMILES string of the molecule is CNS(=O)(=O)c1ccc(Nc2ccc(C(F)(F)F)cc2)c(C(=O)NCCCc2ccncc2)c1. The molecule has 7 nitrogen and oxygen atoms in total. The van der Waals surface area contributed by atoms with Crippen molar-refractivity contribution < 1.29 is 26.4 Å². The van der Waals surface area contributed by atoms with Gasteiger partial charge >= 0.3 is 6.18 Å². The van der Waals surface area contributed by atoms with Crippen LogP contribution in [0.25, 0.3) is 0 Å². The van der Waals surface area contributed by atoms with Crippen LogP contribution < -0.4 is 15.4 Å². The number of carbonyl (C=O) groups is 1. The van der Waals surface area contributed by atoms with E-state index in [9.17, 15) is 26.4 Å². The Morgan fingerprint density at radius 2 is 1.68 bits per heavy atom. The van der Waals surface area contributed by atoms with Crippen LogP contribution in [0.2, 0.25) is 0 Å². The summed E-state index contributed by atoms with van der Waals surface area (Å²) in [5.74, 6) is -0.516. The van der Waals surface area contributed by atoms with E-state index in [-0.39, 0.29) is 16.1 Å². The Hall–Kier alpha value is -3.44. The molecule has 0 saturated heterocycles. The van der Waals surface area contributed by atoms with Crippen molar-refractivity contribution in [3.05, 3.63) is 83.7 Å². The highest BCUT2D eigenvalue weighted by atomic mass is 32.2. The predicted octanol–water partition coefficient (Wildman–Crippen LogP) is 4.11. The number of pyridine rings is 1. The van der Waals surface area contributed by atoms with Gasteiger partial charge in [-0.3, -0.25) is 9.78 Å². The van der Waals surface area contributed by atoms with Crippen LogP contribution in [0.4, 0.5) is 24.5 Å². The van der Waals surface area contributed by atoms with E-state index in [1.165, 1.54) is 37.4 Å². The maximum atomic E-state index is 12.9. The molecule has 3 rings (SSSR count). The molecule has 180 valence electrons. The van der Waals surface area contributed by atoms with Gasteiger partial charge in [-0.25, -0.2) is 13.1 Å². The van der Waals surface area contributed by atoms with Crippen LogP contribution >= 0.6 is 0 Å². The number of rotatable bonds is 9. The molecule has 0 atom stereocenters. The first-order valence-corrected chi connectivity index (χ1v) is 11.8. The number of halogens is 3. The fraction of sp³-hybridized carbons (Fsp3) is 0.217. The van der Waals surface area contributed by atoms with Crippen molar-refractivity contribution in [3.63, 3.8) is 0 Å². The lowest BCUT2D eigenvalue weighted by atomic mass is 10.1. The molecule has 2 aromatic carbocycles. The Morgan fingerprint density at radius 1 is 1.00 bits per heavy atom. The van der Waals surface area contributed by atoms with Gasteiger partial charge in [-0.05, 0) is 80.1 Å². The Balaban J connectivity index is 1.79. The van der Waals surface area contributed by atoms with E-state index in [4.69, 9.17) is 0 Å². The van der Waals surface area contributed by atoms with Crippen molar-refractivity contribution in [2.24, 2.45) is 0 Å². The van der Waals surface area contributed by atoms with Gasteiger partial charge < -0.3 is 10.6 Å². The summed E-state index contributed by atoms with van der Waals surface area (Å²) < 4.78 is 65.1. The molecule has 0 aliphatic rings. The van der Waals surface area contributed by atoms with Gasteiger partial charge in [0, 0.05) is 24.6 Å². The number of amides is 1. The number of hydrogen-bond acceptors (Lipinski definition) is 5. The molecule has 0 radical (unpaired) electrons. The third kappa shape index (κ3) is 6.55. The van der Waals surface area contributed by atoms with E-state index in [0.29, 0.717) is 25.1 Å². The molecule has 3 aromatic rings. The van der Waals surface area contributed by atoms with E-state index in [1.54, 1.807) is 12.4 Å². The quantitative estimate of drug-likeness (QED) is 0.391. The summed E-state index contributed by atoms with van der Waals surface area (Å²) in [6, 6.07) is 12.0. The van der Waals surface area contributed by atoms with Crippen LogP contribution in [0.5, 0.6) is 0 Å². The Kier molecular flexibility index (Phi) is 7.90. The summed E-state index contributed by atoms with van der Waals surface area (Å²) in [6.07, 6.45) is 0.254. The third-order valence-corrected chi connectivity index (χ3v) is 6.40. The van der Waals surface area contributed by atoms with E-state index in [1.807, 2.05) is 12.1 Å². The lowest BCUT2D eigenvalue weighted by molar-refractivity contribution is -0.137. The van der Waals surface area contributed by atoms with Gasteiger partial charge in [0.25, 0.3) is 5.91 Å². The van der Waals surface area contributed by atoms with Crippen LogP contribution in [-0.2, 0) is 22.6 Å². The molecule has 0 spiro atoms. The topological polar surface area (TPSA) is 100 Å². The van der Waals surface area contributed by atoms with Crippen LogP contribution in [0.1, 0.15) is 27.9 Å². The molecule has 34 heavy (non-hydrogen) atoms. The van der Waals surface area contributed by atoms with Gasteiger partial charge in [0.15, 0.2) is 0 Å². The summed E-state index contributed by atoms with van der Waals surface area (Å²) in [5, 5.41) is 5.66. The molecular weight excluding hydrogens is 469 g/mol. The maximum Gasteiger partial charge on any atom is 0.416 e. The number of nitrogens with zero attached hydrogens (tertiary/aromatic N) is 1.